The quantitative estimate of drug-likeness (QED) is 0.917. The summed E-state index contributed by atoms with van der Waals surface area (Å²) in [6.45, 7) is 0.677. The van der Waals surface area contributed by atoms with Gasteiger partial charge in [-0.25, -0.2) is 0 Å². The number of ether oxygens (including phenoxy) is 1. The van der Waals surface area contributed by atoms with E-state index in [2.05, 4.69) is 10.3 Å². The van der Waals surface area contributed by atoms with Gasteiger partial charge in [0.2, 0.25) is 5.88 Å². The Morgan fingerprint density at radius 2 is 2.00 bits per heavy atom. The van der Waals surface area contributed by atoms with Gasteiger partial charge in [0.05, 0.1) is 18.5 Å². The molecule has 0 aliphatic rings. The Balaban J connectivity index is 2.08. The Morgan fingerprint density at radius 3 is 2.58 bits per heavy atom. The van der Waals surface area contributed by atoms with E-state index in [1.807, 2.05) is 43.3 Å². The van der Waals surface area contributed by atoms with Crippen LogP contribution in [0.2, 0.25) is 5.02 Å². The number of benzene rings is 1. The normalized spacial score (nSPS) is 10.3. The molecule has 0 aliphatic carbocycles. The first-order valence-corrected chi connectivity index (χ1v) is 7.00. The number of halogens is 1. The fourth-order valence-electron chi connectivity index (χ4n) is 1.54. The second-order valence-corrected chi connectivity index (χ2v) is 5.68. The molecule has 6 heteroatoms. The summed E-state index contributed by atoms with van der Waals surface area (Å²) in [5.41, 5.74) is 1.02. The molecule has 0 spiro atoms. The summed E-state index contributed by atoms with van der Waals surface area (Å²) < 4.78 is 5.30. The van der Waals surface area contributed by atoms with Gasteiger partial charge in [0.25, 0.3) is 0 Å². The molecule has 1 aromatic heterocycles. The lowest BCUT2D eigenvalue weighted by molar-refractivity contribution is 0.397. The SMILES string of the molecule is COc1nc(N(C)C)sc1CNc1ccc(Cl)cc1. The van der Waals surface area contributed by atoms with E-state index in [9.17, 15) is 0 Å². The summed E-state index contributed by atoms with van der Waals surface area (Å²) in [5, 5.41) is 5.00. The molecule has 19 heavy (non-hydrogen) atoms. The highest BCUT2D eigenvalue weighted by Crippen LogP contribution is 2.31. The minimum absolute atomic E-state index is 0.676. The molecule has 4 nitrogen and oxygen atoms in total. The minimum Gasteiger partial charge on any atom is -0.480 e. The Morgan fingerprint density at radius 1 is 1.32 bits per heavy atom. The van der Waals surface area contributed by atoms with Crippen molar-refractivity contribution in [1.82, 2.24) is 4.98 Å². The van der Waals surface area contributed by atoms with Gasteiger partial charge in [-0.05, 0) is 24.3 Å². The van der Waals surface area contributed by atoms with Crippen LogP contribution in [0.1, 0.15) is 4.88 Å². The zero-order valence-corrected chi connectivity index (χ0v) is 12.7. The highest BCUT2D eigenvalue weighted by molar-refractivity contribution is 7.15. The van der Waals surface area contributed by atoms with Crippen LogP contribution in [0.15, 0.2) is 24.3 Å². The number of anilines is 2. The highest BCUT2D eigenvalue weighted by atomic mass is 35.5. The molecule has 0 aliphatic heterocycles. The molecule has 0 amide bonds. The number of nitrogens with zero attached hydrogens (tertiary/aromatic N) is 2. The third kappa shape index (κ3) is 3.52. The van der Waals surface area contributed by atoms with E-state index in [1.165, 1.54) is 0 Å². The van der Waals surface area contributed by atoms with Crippen LogP contribution < -0.4 is 15.0 Å². The van der Waals surface area contributed by atoms with Gasteiger partial charge in [-0.1, -0.05) is 22.9 Å². The summed E-state index contributed by atoms with van der Waals surface area (Å²) in [5.74, 6) is 0.676. The molecule has 0 radical (unpaired) electrons. The van der Waals surface area contributed by atoms with Gasteiger partial charge in [-0.15, -0.1) is 0 Å². The molecule has 102 valence electrons. The molecule has 0 atom stereocenters. The van der Waals surface area contributed by atoms with E-state index in [-0.39, 0.29) is 0 Å². The number of nitrogens with one attached hydrogen (secondary N) is 1. The molecule has 0 unspecified atom stereocenters. The zero-order chi connectivity index (χ0) is 13.8. The first kappa shape index (κ1) is 14.0. The van der Waals surface area contributed by atoms with Crippen molar-refractivity contribution in [2.75, 3.05) is 31.4 Å². The zero-order valence-electron chi connectivity index (χ0n) is 11.1. The molecule has 1 N–H and O–H groups in total. The van der Waals surface area contributed by atoms with Crippen LogP contribution in [0.25, 0.3) is 0 Å². The lowest BCUT2D eigenvalue weighted by Gasteiger charge is -2.06. The number of hydrogen-bond acceptors (Lipinski definition) is 5. The van der Waals surface area contributed by atoms with E-state index in [4.69, 9.17) is 16.3 Å². The maximum Gasteiger partial charge on any atom is 0.231 e. The average molecular weight is 298 g/mol. The van der Waals surface area contributed by atoms with Gasteiger partial charge in [-0.3, -0.25) is 0 Å². The van der Waals surface area contributed by atoms with Crippen molar-refractivity contribution in [3.05, 3.63) is 34.2 Å². The number of hydrogen-bond donors (Lipinski definition) is 1. The predicted molar refractivity (Wildman–Crippen MR) is 81.8 cm³/mol. The van der Waals surface area contributed by atoms with Gasteiger partial charge < -0.3 is 15.0 Å². The summed E-state index contributed by atoms with van der Waals surface area (Å²) in [6, 6.07) is 7.61. The van der Waals surface area contributed by atoms with Crippen molar-refractivity contribution in [2.45, 2.75) is 6.54 Å². The summed E-state index contributed by atoms with van der Waals surface area (Å²) >= 11 is 7.47. The standard InChI is InChI=1S/C13H16ClN3OS/c1-17(2)13-16-12(18-3)11(19-13)8-15-10-6-4-9(14)5-7-10/h4-7,15H,8H2,1-3H3. The second kappa shape index (κ2) is 6.12. The van der Waals surface area contributed by atoms with Crippen LogP contribution in [0, 0.1) is 0 Å². The first-order chi connectivity index (χ1) is 9.10. The number of methoxy groups -OCH3 is 1. The van der Waals surface area contributed by atoms with E-state index < -0.39 is 0 Å². The van der Waals surface area contributed by atoms with Crippen LogP contribution in [-0.2, 0) is 6.54 Å². The topological polar surface area (TPSA) is 37.4 Å². The van der Waals surface area contributed by atoms with E-state index >= 15 is 0 Å². The molecule has 0 saturated heterocycles. The lowest BCUT2D eigenvalue weighted by Crippen LogP contribution is -2.07. The Bertz CT molecular complexity index is 539. The molecule has 1 heterocycles. The minimum atomic E-state index is 0.676. The van der Waals surface area contributed by atoms with Crippen molar-refractivity contribution in [3.8, 4) is 5.88 Å². The molecule has 0 saturated carbocycles. The van der Waals surface area contributed by atoms with Crippen LogP contribution in [0.3, 0.4) is 0 Å². The van der Waals surface area contributed by atoms with Crippen molar-refractivity contribution < 1.29 is 4.74 Å². The number of rotatable bonds is 5. The van der Waals surface area contributed by atoms with E-state index in [0.29, 0.717) is 12.4 Å². The van der Waals surface area contributed by atoms with Crippen molar-refractivity contribution in [2.24, 2.45) is 0 Å². The maximum atomic E-state index is 5.85. The molecular weight excluding hydrogens is 282 g/mol. The Kier molecular flexibility index (Phi) is 4.50. The highest BCUT2D eigenvalue weighted by Gasteiger charge is 2.12. The molecule has 2 aromatic rings. The van der Waals surface area contributed by atoms with Crippen molar-refractivity contribution >= 4 is 33.8 Å². The van der Waals surface area contributed by atoms with Gasteiger partial charge >= 0.3 is 0 Å². The molecule has 0 fully saturated rings. The summed E-state index contributed by atoms with van der Waals surface area (Å²) in [6.07, 6.45) is 0. The number of thiazole rings is 1. The molecule has 0 bridgehead atoms. The third-order valence-corrected chi connectivity index (χ3v) is 3.98. The monoisotopic (exact) mass is 297 g/mol. The third-order valence-electron chi connectivity index (χ3n) is 2.52. The van der Waals surface area contributed by atoms with Crippen LogP contribution in [0.5, 0.6) is 5.88 Å². The predicted octanol–water partition coefficient (Wildman–Crippen LogP) is 3.48. The Labute approximate surface area is 122 Å². The summed E-state index contributed by atoms with van der Waals surface area (Å²) in [4.78, 5) is 7.46. The Hall–Kier alpha value is -1.46. The smallest absolute Gasteiger partial charge is 0.231 e. The van der Waals surface area contributed by atoms with E-state index in [1.54, 1.807) is 18.4 Å². The van der Waals surface area contributed by atoms with Crippen LogP contribution in [0.4, 0.5) is 10.8 Å². The van der Waals surface area contributed by atoms with E-state index in [0.717, 1.165) is 20.7 Å². The molecular formula is C13H16ClN3OS. The second-order valence-electron chi connectivity index (χ2n) is 4.18. The lowest BCUT2D eigenvalue weighted by atomic mass is 10.3. The largest absolute Gasteiger partial charge is 0.480 e. The maximum absolute atomic E-state index is 5.85. The fraction of sp³-hybridized carbons (Fsp3) is 0.308. The van der Waals surface area contributed by atoms with Crippen LogP contribution >= 0.6 is 22.9 Å². The van der Waals surface area contributed by atoms with Crippen molar-refractivity contribution in [3.63, 3.8) is 0 Å². The molecule has 1 aromatic carbocycles. The first-order valence-electron chi connectivity index (χ1n) is 5.80. The summed E-state index contributed by atoms with van der Waals surface area (Å²) in [7, 11) is 5.57. The fourth-order valence-corrected chi connectivity index (χ4v) is 2.56. The van der Waals surface area contributed by atoms with Gasteiger partial charge in [0.1, 0.15) is 0 Å². The van der Waals surface area contributed by atoms with Crippen molar-refractivity contribution in [1.29, 1.82) is 0 Å². The average Bonchev–Trinajstić information content (AvgIpc) is 2.81. The van der Waals surface area contributed by atoms with Gasteiger partial charge in [0, 0.05) is 24.8 Å². The van der Waals surface area contributed by atoms with Gasteiger partial charge in [0.15, 0.2) is 5.13 Å². The number of aromatic nitrogens is 1. The molecule has 2 rings (SSSR count). The van der Waals surface area contributed by atoms with Gasteiger partial charge in [-0.2, -0.15) is 4.98 Å². The van der Waals surface area contributed by atoms with Crippen LogP contribution in [-0.4, -0.2) is 26.2 Å².